The van der Waals surface area contributed by atoms with Crippen molar-refractivity contribution in [3.63, 3.8) is 0 Å². The molecule has 91 valence electrons. The summed E-state index contributed by atoms with van der Waals surface area (Å²) in [6.07, 6.45) is 12.4. The summed E-state index contributed by atoms with van der Waals surface area (Å²) in [6, 6.07) is 0. The molecule has 0 aromatic rings. The van der Waals surface area contributed by atoms with Crippen LogP contribution < -0.4 is 0 Å². The minimum Gasteiger partial charge on any atom is -0.0654 e. The summed E-state index contributed by atoms with van der Waals surface area (Å²) in [5, 5.41) is 0. The molecule has 0 heterocycles. The van der Waals surface area contributed by atoms with Crippen molar-refractivity contribution in [3.8, 4) is 0 Å². The third kappa shape index (κ3) is 8.96. The third-order valence-corrected chi connectivity index (χ3v) is 3.45. The van der Waals surface area contributed by atoms with Gasteiger partial charge in [-0.25, -0.2) is 0 Å². The Morgan fingerprint density at radius 3 is 2.00 bits per heavy atom. The Kier molecular flexibility index (Phi) is 10.5. The van der Waals surface area contributed by atoms with Gasteiger partial charge in [-0.15, -0.1) is 0 Å². The lowest BCUT2D eigenvalue weighted by Gasteiger charge is -2.19. The van der Waals surface area contributed by atoms with Gasteiger partial charge in [0, 0.05) is 0 Å². The second kappa shape index (κ2) is 10.5. The van der Waals surface area contributed by atoms with Crippen LogP contribution in [0.3, 0.4) is 0 Å². The Balaban J connectivity index is 3.37. The number of hydrogen-bond acceptors (Lipinski definition) is 0. The summed E-state index contributed by atoms with van der Waals surface area (Å²) in [6.45, 7) is 11.0. The van der Waals surface area contributed by atoms with Crippen molar-refractivity contribution < 1.29 is 0 Å². The topological polar surface area (TPSA) is 0 Å². The maximum absolute atomic E-state index is 3.98. The first kappa shape index (κ1) is 15.0. The van der Waals surface area contributed by atoms with E-state index in [1.54, 1.807) is 0 Å². The van der Waals surface area contributed by atoms with Crippen molar-refractivity contribution in [2.24, 2.45) is 11.8 Å². The summed E-state index contributed by atoms with van der Waals surface area (Å²) in [5.74, 6) is 1.77. The first-order valence-corrected chi connectivity index (χ1v) is 7.01. The summed E-state index contributed by atoms with van der Waals surface area (Å²) >= 11 is 0. The normalized spacial score (nSPS) is 13.4. The number of hydrogen-bond donors (Lipinski definition) is 0. The van der Waals surface area contributed by atoms with Crippen LogP contribution in [0.5, 0.6) is 0 Å². The van der Waals surface area contributed by atoms with Crippen LogP contribution in [0.15, 0.2) is 0 Å². The van der Waals surface area contributed by atoms with Gasteiger partial charge in [-0.05, 0) is 11.8 Å². The summed E-state index contributed by atoms with van der Waals surface area (Å²) < 4.78 is 0. The van der Waals surface area contributed by atoms with Crippen LogP contribution in [-0.2, 0) is 0 Å². The van der Waals surface area contributed by atoms with E-state index < -0.39 is 0 Å². The van der Waals surface area contributed by atoms with Crippen LogP contribution in [0.2, 0.25) is 0 Å². The molecule has 0 aliphatic heterocycles. The van der Waals surface area contributed by atoms with Gasteiger partial charge in [0.25, 0.3) is 0 Å². The Morgan fingerprint density at radius 1 is 0.867 bits per heavy atom. The zero-order valence-corrected chi connectivity index (χ0v) is 11.2. The lowest BCUT2D eigenvalue weighted by molar-refractivity contribution is 0.325. The highest BCUT2D eigenvalue weighted by Gasteiger charge is 2.11. The summed E-state index contributed by atoms with van der Waals surface area (Å²) in [5.41, 5.74) is 0. The first-order valence-electron chi connectivity index (χ1n) is 7.01. The molecule has 0 amide bonds. The molecule has 0 fully saturated rings. The van der Waals surface area contributed by atoms with Gasteiger partial charge in [-0.3, -0.25) is 0 Å². The molecule has 0 aliphatic rings. The molecule has 0 aliphatic carbocycles. The Labute approximate surface area is 97.8 Å². The molecule has 1 atom stereocenters. The predicted octanol–water partition coefficient (Wildman–Crippen LogP) is 5.62. The highest BCUT2D eigenvalue weighted by atomic mass is 14.2. The molecule has 0 saturated carbocycles. The molecule has 0 bridgehead atoms. The molecule has 0 spiro atoms. The summed E-state index contributed by atoms with van der Waals surface area (Å²) in [4.78, 5) is 0. The van der Waals surface area contributed by atoms with E-state index in [1.807, 2.05) is 0 Å². The minimum atomic E-state index is 0.849. The van der Waals surface area contributed by atoms with Crippen molar-refractivity contribution in [3.05, 3.63) is 6.92 Å². The third-order valence-electron chi connectivity index (χ3n) is 3.45. The maximum atomic E-state index is 3.98. The van der Waals surface area contributed by atoms with Crippen molar-refractivity contribution in [1.82, 2.24) is 0 Å². The van der Waals surface area contributed by atoms with Crippen molar-refractivity contribution in [1.29, 1.82) is 0 Å². The monoisotopic (exact) mass is 211 g/mol. The van der Waals surface area contributed by atoms with E-state index >= 15 is 0 Å². The fourth-order valence-electron chi connectivity index (χ4n) is 2.26. The summed E-state index contributed by atoms with van der Waals surface area (Å²) in [7, 11) is 0. The molecule has 0 N–H and O–H groups in total. The van der Waals surface area contributed by atoms with Crippen molar-refractivity contribution in [2.45, 2.75) is 78.6 Å². The molecule has 0 rings (SSSR count). The van der Waals surface area contributed by atoms with E-state index in [0.717, 1.165) is 18.3 Å². The highest BCUT2D eigenvalue weighted by Crippen LogP contribution is 2.23. The average Bonchev–Trinajstić information content (AvgIpc) is 2.21. The highest BCUT2D eigenvalue weighted by molar-refractivity contribution is 4.64. The largest absolute Gasteiger partial charge is 0.0654 e. The Hall–Kier alpha value is 0. The van der Waals surface area contributed by atoms with Gasteiger partial charge in [0.15, 0.2) is 0 Å². The fraction of sp³-hybridized carbons (Fsp3) is 0.933. The molecule has 0 aromatic heterocycles. The molecule has 0 heteroatoms. The van der Waals surface area contributed by atoms with Crippen LogP contribution in [0.4, 0.5) is 0 Å². The molecule has 15 heavy (non-hydrogen) atoms. The molecular formula is C15H31. The smallest absolute Gasteiger partial charge is 0.0391 e. The standard InChI is InChI=1S/C15H31/c1-5-7-8-9-10-11-13-15(12-6-2)14(3)4/h14-15H,2,5-13H2,1,3-4H3. The van der Waals surface area contributed by atoms with E-state index in [4.69, 9.17) is 0 Å². The van der Waals surface area contributed by atoms with Crippen LogP contribution in [-0.4, -0.2) is 0 Å². The van der Waals surface area contributed by atoms with Gasteiger partial charge in [-0.2, -0.15) is 0 Å². The lowest BCUT2D eigenvalue weighted by atomic mass is 9.86. The molecule has 1 radical (unpaired) electrons. The first-order chi connectivity index (χ1) is 7.22. The number of unbranched alkanes of at least 4 members (excludes halogenated alkanes) is 5. The van der Waals surface area contributed by atoms with Crippen molar-refractivity contribution in [2.75, 3.05) is 0 Å². The second-order valence-electron chi connectivity index (χ2n) is 5.20. The molecule has 1 unspecified atom stereocenters. The van der Waals surface area contributed by atoms with Gasteiger partial charge in [0.05, 0.1) is 0 Å². The minimum absolute atomic E-state index is 0.849. The van der Waals surface area contributed by atoms with E-state index in [0.29, 0.717) is 0 Å². The van der Waals surface area contributed by atoms with Gasteiger partial charge >= 0.3 is 0 Å². The van der Waals surface area contributed by atoms with E-state index in [2.05, 4.69) is 27.7 Å². The van der Waals surface area contributed by atoms with Crippen LogP contribution in [0.1, 0.15) is 78.6 Å². The second-order valence-corrected chi connectivity index (χ2v) is 5.20. The Morgan fingerprint density at radius 2 is 1.47 bits per heavy atom. The number of rotatable bonds is 10. The van der Waals surface area contributed by atoms with E-state index in [1.165, 1.54) is 51.4 Å². The van der Waals surface area contributed by atoms with Gasteiger partial charge < -0.3 is 0 Å². The zero-order valence-electron chi connectivity index (χ0n) is 11.2. The van der Waals surface area contributed by atoms with Crippen LogP contribution in [0, 0.1) is 18.8 Å². The molecule has 0 nitrogen and oxygen atoms in total. The van der Waals surface area contributed by atoms with Gasteiger partial charge in [0.2, 0.25) is 0 Å². The van der Waals surface area contributed by atoms with Gasteiger partial charge in [-0.1, -0.05) is 85.5 Å². The SMILES string of the molecule is [CH2]CCC(CCCCCCCC)C(C)C. The fourth-order valence-corrected chi connectivity index (χ4v) is 2.26. The lowest BCUT2D eigenvalue weighted by Crippen LogP contribution is -2.08. The van der Waals surface area contributed by atoms with Gasteiger partial charge in [0.1, 0.15) is 0 Å². The molecular weight excluding hydrogens is 180 g/mol. The predicted molar refractivity (Wildman–Crippen MR) is 70.9 cm³/mol. The van der Waals surface area contributed by atoms with Crippen molar-refractivity contribution >= 4 is 0 Å². The van der Waals surface area contributed by atoms with E-state index in [-0.39, 0.29) is 0 Å². The van der Waals surface area contributed by atoms with Crippen LogP contribution >= 0.6 is 0 Å². The Bertz CT molecular complexity index is 115. The average molecular weight is 211 g/mol. The maximum Gasteiger partial charge on any atom is -0.0391 e. The van der Waals surface area contributed by atoms with E-state index in [9.17, 15) is 0 Å². The molecule has 0 saturated heterocycles. The zero-order chi connectivity index (χ0) is 11.5. The molecule has 0 aromatic carbocycles. The van der Waals surface area contributed by atoms with Crippen LogP contribution in [0.25, 0.3) is 0 Å². The quantitative estimate of drug-likeness (QED) is 0.411.